The van der Waals surface area contributed by atoms with Crippen molar-refractivity contribution in [3.05, 3.63) is 39.8 Å². The monoisotopic (exact) mass is 448 g/mol. The molecule has 0 unspecified atom stereocenters. The number of nitrogens with one attached hydrogen (secondary N) is 1. The highest BCUT2D eigenvalue weighted by atomic mass is 32.1. The van der Waals surface area contributed by atoms with Gasteiger partial charge in [-0.1, -0.05) is 19.9 Å². The second-order valence-electron chi connectivity index (χ2n) is 8.01. The molecule has 9 heteroatoms. The maximum atomic E-state index is 12.8. The summed E-state index contributed by atoms with van der Waals surface area (Å²) in [5.74, 6) is -1.29. The molecule has 0 saturated carbocycles. The van der Waals surface area contributed by atoms with Crippen LogP contribution in [0, 0.1) is 6.92 Å². The summed E-state index contributed by atoms with van der Waals surface area (Å²) in [6.45, 7) is 9.90. The Kier molecular flexibility index (Phi) is 6.98. The van der Waals surface area contributed by atoms with E-state index in [1.165, 1.54) is 12.0 Å². The number of nitrogens with zero attached hydrogens (tertiary/aromatic N) is 1. The zero-order valence-electron chi connectivity index (χ0n) is 18.6. The van der Waals surface area contributed by atoms with E-state index in [2.05, 4.69) is 31.1 Å². The van der Waals surface area contributed by atoms with E-state index in [4.69, 9.17) is 18.9 Å². The number of aryl methyl sites for hydroxylation is 1. The lowest BCUT2D eigenvalue weighted by Crippen LogP contribution is -2.41. The van der Waals surface area contributed by atoms with Crippen molar-refractivity contribution in [1.82, 2.24) is 4.98 Å². The van der Waals surface area contributed by atoms with Crippen LogP contribution in [0.25, 0.3) is 0 Å². The number of anilines is 1. The summed E-state index contributed by atoms with van der Waals surface area (Å²) in [6, 6.07) is 7.00. The summed E-state index contributed by atoms with van der Waals surface area (Å²) in [5, 5.41) is 3.65. The van der Waals surface area contributed by atoms with Crippen LogP contribution in [0.1, 0.15) is 49.2 Å². The number of hydrogen-bond donors (Lipinski definition) is 1. The molecule has 1 saturated heterocycles. The van der Waals surface area contributed by atoms with Gasteiger partial charge in [0.15, 0.2) is 18.0 Å². The second kappa shape index (κ2) is 9.33. The summed E-state index contributed by atoms with van der Waals surface area (Å²) >= 11 is 1.62. The number of thiazole rings is 1. The Hall–Kier alpha value is -2.49. The molecule has 1 amide bonds. The molecule has 1 aromatic carbocycles. The van der Waals surface area contributed by atoms with E-state index in [9.17, 15) is 9.59 Å². The largest absolute Gasteiger partial charge is 0.486 e. The highest BCUT2D eigenvalue weighted by Crippen LogP contribution is 2.30. The van der Waals surface area contributed by atoms with Crippen LogP contribution in [0.2, 0.25) is 0 Å². The number of esters is 1. The summed E-state index contributed by atoms with van der Waals surface area (Å²) < 4.78 is 21.7. The van der Waals surface area contributed by atoms with E-state index in [-0.39, 0.29) is 0 Å². The van der Waals surface area contributed by atoms with E-state index in [0.717, 1.165) is 10.7 Å². The Morgan fingerprint density at radius 2 is 1.97 bits per heavy atom. The Morgan fingerprint density at radius 1 is 1.26 bits per heavy atom. The standard InChI is InChI=1S/C22H28N2O6S/c1-12(2)17-13(3)31-16(24-17)11-28-15-9-7-8-14(10-15)23-20(25)18-19(21(26)27-6)30-22(4,5)29-18/h7-10,12,18-19H,11H2,1-6H3,(H,23,25)/t18-,19-/m0/s1. The van der Waals surface area contributed by atoms with Gasteiger partial charge in [0.05, 0.1) is 12.8 Å². The molecule has 0 bridgehead atoms. The summed E-state index contributed by atoms with van der Waals surface area (Å²) in [7, 11) is 1.24. The SMILES string of the molecule is COC(=O)[C@H]1OC(C)(C)O[C@@H]1C(=O)Nc1cccc(OCc2nc(C(C)C)c(C)s2)c1. The maximum absolute atomic E-state index is 12.8. The van der Waals surface area contributed by atoms with Crippen LogP contribution in [0.4, 0.5) is 5.69 Å². The normalized spacial score (nSPS) is 20.0. The lowest BCUT2D eigenvalue weighted by atomic mass is 10.1. The van der Waals surface area contributed by atoms with Gasteiger partial charge in [-0.25, -0.2) is 9.78 Å². The fraction of sp³-hybridized carbons (Fsp3) is 0.500. The van der Waals surface area contributed by atoms with E-state index in [1.807, 2.05) is 0 Å². The van der Waals surface area contributed by atoms with Crippen molar-refractivity contribution in [2.24, 2.45) is 0 Å². The minimum atomic E-state index is -1.14. The molecule has 2 heterocycles. The Bertz CT molecular complexity index is 955. The molecule has 1 aromatic heterocycles. The molecular formula is C22H28N2O6S. The zero-order valence-corrected chi connectivity index (χ0v) is 19.4. The Balaban J connectivity index is 1.65. The minimum absolute atomic E-state index is 0.341. The van der Waals surface area contributed by atoms with Gasteiger partial charge in [0.25, 0.3) is 5.91 Å². The average molecular weight is 449 g/mol. The first kappa shape index (κ1) is 23.2. The fourth-order valence-electron chi connectivity index (χ4n) is 3.33. The van der Waals surface area contributed by atoms with Gasteiger partial charge in [0.2, 0.25) is 0 Å². The predicted octanol–water partition coefficient (Wildman–Crippen LogP) is 3.79. The quantitative estimate of drug-likeness (QED) is 0.644. The van der Waals surface area contributed by atoms with E-state index in [0.29, 0.717) is 24.0 Å². The summed E-state index contributed by atoms with van der Waals surface area (Å²) in [6.07, 6.45) is -2.26. The third-order valence-corrected chi connectivity index (χ3v) is 5.64. The number of rotatable bonds is 7. The molecule has 0 spiro atoms. The van der Waals surface area contributed by atoms with Crippen molar-refractivity contribution in [1.29, 1.82) is 0 Å². The minimum Gasteiger partial charge on any atom is -0.486 e. The number of aromatic nitrogens is 1. The lowest BCUT2D eigenvalue weighted by molar-refractivity contribution is -0.168. The van der Waals surface area contributed by atoms with Crippen molar-refractivity contribution in [2.45, 2.75) is 65.1 Å². The van der Waals surface area contributed by atoms with Crippen molar-refractivity contribution in [3.63, 3.8) is 0 Å². The molecule has 3 rings (SSSR count). The molecule has 2 aromatic rings. The number of benzene rings is 1. The molecule has 1 aliphatic rings. The number of amides is 1. The number of methoxy groups -OCH3 is 1. The van der Waals surface area contributed by atoms with E-state index in [1.54, 1.807) is 49.4 Å². The van der Waals surface area contributed by atoms with Crippen molar-refractivity contribution in [3.8, 4) is 5.75 Å². The number of carbonyl (C=O) groups is 2. The molecule has 31 heavy (non-hydrogen) atoms. The van der Waals surface area contributed by atoms with Gasteiger partial charge in [-0.05, 0) is 38.8 Å². The Morgan fingerprint density at radius 3 is 2.61 bits per heavy atom. The van der Waals surface area contributed by atoms with Crippen LogP contribution in [-0.2, 0) is 30.4 Å². The van der Waals surface area contributed by atoms with Crippen LogP contribution in [0.3, 0.4) is 0 Å². The van der Waals surface area contributed by atoms with Gasteiger partial charge in [0, 0.05) is 16.6 Å². The summed E-state index contributed by atoms with van der Waals surface area (Å²) in [5.41, 5.74) is 1.60. The smallest absolute Gasteiger partial charge is 0.338 e. The number of ether oxygens (including phenoxy) is 4. The van der Waals surface area contributed by atoms with Crippen LogP contribution in [0.15, 0.2) is 24.3 Å². The topological polar surface area (TPSA) is 96.0 Å². The van der Waals surface area contributed by atoms with Gasteiger partial charge in [-0.3, -0.25) is 4.79 Å². The number of carbonyl (C=O) groups excluding carboxylic acids is 2. The van der Waals surface area contributed by atoms with Crippen molar-refractivity contribution < 1.29 is 28.5 Å². The molecule has 1 N–H and O–H groups in total. The second-order valence-corrected chi connectivity index (χ2v) is 9.30. The van der Waals surface area contributed by atoms with E-state index >= 15 is 0 Å². The van der Waals surface area contributed by atoms with Crippen LogP contribution < -0.4 is 10.1 Å². The number of hydrogen-bond acceptors (Lipinski definition) is 8. The molecule has 2 atom stereocenters. The highest BCUT2D eigenvalue weighted by Gasteiger charge is 2.49. The average Bonchev–Trinajstić information content (AvgIpc) is 3.25. The predicted molar refractivity (Wildman–Crippen MR) is 116 cm³/mol. The van der Waals surface area contributed by atoms with Gasteiger partial charge in [0.1, 0.15) is 17.4 Å². The van der Waals surface area contributed by atoms with Gasteiger partial charge >= 0.3 is 5.97 Å². The van der Waals surface area contributed by atoms with E-state index < -0.39 is 29.9 Å². The molecule has 1 aliphatic heterocycles. The van der Waals surface area contributed by atoms with Crippen molar-refractivity contribution >= 4 is 28.9 Å². The first-order valence-electron chi connectivity index (χ1n) is 10.0. The maximum Gasteiger partial charge on any atom is 0.338 e. The molecule has 0 aliphatic carbocycles. The Labute approximate surface area is 185 Å². The first-order valence-corrected chi connectivity index (χ1v) is 10.8. The third kappa shape index (κ3) is 5.61. The molecule has 1 fully saturated rings. The van der Waals surface area contributed by atoms with Gasteiger partial charge in [-0.15, -0.1) is 11.3 Å². The molecule has 0 radical (unpaired) electrons. The summed E-state index contributed by atoms with van der Waals surface area (Å²) in [4.78, 5) is 30.6. The molecular weight excluding hydrogens is 420 g/mol. The first-order chi connectivity index (χ1) is 14.6. The third-order valence-electron chi connectivity index (χ3n) is 4.68. The van der Waals surface area contributed by atoms with Crippen molar-refractivity contribution in [2.75, 3.05) is 12.4 Å². The van der Waals surface area contributed by atoms with Crippen LogP contribution >= 0.6 is 11.3 Å². The van der Waals surface area contributed by atoms with Gasteiger partial charge < -0.3 is 24.3 Å². The van der Waals surface area contributed by atoms with Crippen LogP contribution in [0.5, 0.6) is 5.75 Å². The zero-order chi connectivity index (χ0) is 22.8. The molecule has 168 valence electrons. The lowest BCUT2D eigenvalue weighted by Gasteiger charge is -2.16. The van der Waals surface area contributed by atoms with Crippen LogP contribution in [-0.4, -0.2) is 42.0 Å². The van der Waals surface area contributed by atoms with Gasteiger partial charge in [-0.2, -0.15) is 0 Å². The molecule has 8 nitrogen and oxygen atoms in total. The highest BCUT2D eigenvalue weighted by molar-refractivity contribution is 7.11. The fourth-order valence-corrected chi connectivity index (χ4v) is 4.33.